The molecule has 0 aliphatic rings. The average molecular weight is 461 g/mol. The van der Waals surface area contributed by atoms with Crippen molar-refractivity contribution in [2.45, 2.75) is 6.92 Å². The molecule has 0 atom stereocenters. The number of carbonyl (C=O) groups is 2. The van der Waals surface area contributed by atoms with Crippen LogP contribution in [0.5, 0.6) is 0 Å². The van der Waals surface area contributed by atoms with Crippen LogP contribution in [0.15, 0.2) is 53.3 Å². The van der Waals surface area contributed by atoms with E-state index in [-0.39, 0.29) is 28.6 Å². The monoisotopic (exact) mass is 460 g/mol. The van der Waals surface area contributed by atoms with E-state index in [1.54, 1.807) is 6.92 Å². The van der Waals surface area contributed by atoms with E-state index in [1.165, 1.54) is 18.2 Å². The number of nitrogens with one attached hydrogen (secondary N) is 1. The molecule has 10 nitrogen and oxygen atoms in total. The highest BCUT2D eigenvalue weighted by molar-refractivity contribution is 6.31. The van der Waals surface area contributed by atoms with Gasteiger partial charge in [0, 0.05) is 17.2 Å². The molecule has 0 unspecified atom stereocenters. The molecule has 1 amide bonds. The van der Waals surface area contributed by atoms with Gasteiger partial charge in [-0.25, -0.2) is 9.18 Å². The van der Waals surface area contributed by atoms with Crippen molar-refractivity contribution in [1.29, 1.82) is 0 Å². The summed E-state index contributed by atoms with van der Waals surface area (Å²) in [5.41, 5.74) is -2.29. The highest BCUT2D eigenvalue weighted by atomic mass is 35.5. The Kier molecular flexibility index (Phi) is 6.59. The van der Waals surface area contributed by atoms with Crippen molar-refractivity contribution in [3.05, 3.63) is 91.1 Å². The van der Waals surface area contributed by atoms with Crippen LogP contribution in [0.4, 0.5) is 15.8 Å². The SMILES string of the molecule is CCOC(=O)c1nn(-c2ccc(F)cc2)c(=O)cc1NC(=O)c1cc(Cl)ccc1[N+](=O)[O-]. The van der Waals surface area contributed by atoms with E-state index in [4.69, 9.17) is 16.3 Å². The number of ether oxygens (including phenoxy) is 1. The highest BCUT2D eigenvalue weighted by Crippen LogP contribution is 2.24. The summed E-state index contributed by atoms with van der Waals surface area (Å²) in [4.78, 5) is 48.2. The fourth-order valence-electron chi connectivity index (χ4n) is 2.71. The van der Waals surface area contributed by atoms with E-state index in [0.29, 0.717) is 0 Å². The molecule has 0 aliphatic carbocycles. The molecule has 1 heterocycles. The van der Waals surface area contributed by atoms with Gasteiger partial charge < -0.3 is 10.1 Å². The van der Waals surface area contributed by atoms with E-state index in [2.05, 4.69) is 10.4 Å². The number of nitrogens with zero attached hydrogens (tertiary/aromatic N) is 3. The Morgan fingerprint density at radius 1 is 1.22 bits per heavy atom. The van der Waals surface area contributed by atoms with E-state index in [1.807, 2.05) is 0 Å². The first-order valence-corrected chi connectivity index (χ1v) is 9.41. The van der Waals surface area contributed by atoms with Crippen LogP contribution < -0.4 is 10.9 Å². The molecule has 0 saturated heterocycles. The number of amides is 1. The molecule has 2 aromatic carbocycles. The number of rotatable bonds is 6. The van der Waals surface area contributed by atoms with Crippen LogP contribution >= 0.6 is 11.6 Å². The van der Waals surface area contributed by atoms with Gasteiger partial charge in [-0.05, 0) is 43.3 Å². The highest BCUT2D eigenvalue weighted by Gasteiger charge is 2.24. The van der Waals surface area contributed by atoms with Gasteiger partial charge in [-0.3, -0.25) is 19.7 Å². The fourth-order valence-corrected chi connectivity index (χ4v) is 2.88. The molecule has 0 aliphatic heterocycles. The van der Waals surface area contributed by atoms with Gasteiger partial charge in [0.15, 0.2) is 5.69 Å². The second kappa shape index (κ2) is 9.35. The van der Waals surface area contributed by atoms with E-state index in [9.17, 15) is 28.9 Å². The number of esters is 1. The number of nitro groups is 1. The van der Waals surface area contributed by atoms with Crippen LogP contribution in [-0.2, 0) is 4.74 Å². The Bertz CT molecular complexity index is 1280. The molecule has 12 heteroatoms. The van der Waals surface area contributed by atoms with Gasteiger partial charge in [0.1, 0.15) is 11.4 Å². The number of anilines is 1. The predicted molar refractivity (Wildman–Crippen MR) is 112 cm³/mol. The maximum Gasteiger partial charge on any atom is 0.360 e. The molecule has 0 saturated carbocycles. The van der Waals surface area contributed by atoms with Gasteiger partial charge in [-0.2, -0.15) is 9.78 Å². The van der Waals surface area contributed by atoms with Crippen molar-refractivity contribution >= 4 is 34.9 Å². The van der Waals surface area contributed by atoms with Crippen molar-refractivity contribution < 1.29 is 23.6 Å². The minimum atomic E-state index is -0.995. The molecule has 3 rings (SSSR count). The average Bonchev–Trinajstić information content (AvgIpc) is 2.74. The van der Waals surface area contributed by atoms with E-state index in [0.717, 1.165) is 35.0 Å². The van der Waals surface area contributed by atoms with Gasteiger partial charge in [0.25, 0.3) is 17.2 Å². The van der Waals surface area contributed by atoms with Crippen LogP contribution in [-0.4, -0.2) is 33.2 Å². The molecule has 0 fully saturated rings. The quantitative estimate of drug-likeness (QED) is 0.338. The van der Waals surface area contributed by atoms with Crippen molar-refractivity contribution in [3.63, 3.8) is 0 Å². The molecule has 3 aromatic rings. The van der Waals surface area contributed by atoms with Crippen molar-refractivity contribution in [2.24, 2.45) is 0 Å². The Hall–Kier alpha value is -4.12. The fraction of sp³-hybridized carbons (Fsp3) is 0.100. The van der Waals surface area contributed by atoms with Crippen LogP contribution in [0, 0.1) is 15.9 Å². The number of halogens is 2. The zero-order valence-corrected chi connectivity index (χ0v) is 17.1. The number of hydrogen-bond donors (Lipinski definition) is 1. The number of hydrogen-bond acceptors (Lipinski definition) is 7. The topological polar surface area (TPSA) is 133 Å². The van der Waals surface area contributed by atoms with Crippen LogP contribution in [0.3, 0.4) is 0 Å². The van der Waals surface area contributed by atoms with Gasteiger partial charge in [-0.15, -0.1) is 0 Å². The summed E-state index contributed by atoms with van der Waals surface area (Å²) in [6, 6.07) is 9.00. The Labute approximate surface area is 184 Å². The summed E-state index contributed by atoms with van der Waals surface area (Å²) in [7, 11) is 0. The summed E-state index contributed by atoms with van der Waals surface area (Å²) in [5.74, 6) is -2.50. The third-order valence-corrected chi connectivity index (χ3v) is 4.35. The number of carbonyl (C=O) groups excluding carboxylic acids is 2. The maximum absolute atomic E-state index is 13.2. The summed E-state index contributed by atoms with van der Waals surface area (Å²) in [6.45, 7) is 1.52. The summed E-state index contributed by atoms with van der Waals surface area (Å²) in [6.07, 6.45) is 0. The lowest BCUT2D eigenvalue weighted by Gasteiger charge is -2.12. The smallest absolute Gasteiger partial charge is 0.360 e. The normalized spacial score (nSPS) is 10.5. The molecule has 32 heavy (non-hydrogen) atoms. The van der Waals surface area contributed by atoms with Gasteiger partial charge in [0.2, 0.25) is 0 Å². The molecular formula is C20H14ClFN4O6. The summed E-state index contributed by atoms with van der Waals surface area (Å²) in [5, 5.41) is 17.5. The van der Waals surface area contributed by atoms with Crippen molar-refractivity contribution in [1.82, 2.24) is 9.78 Å². The van der Waals surface area contributed by atoms with Crippen LogP contribution in [0.1, 0.15) is 27.8 Å². The van der Waals surface area contributed by atoms with Crippen molar-refractivity contribution in [3.8, 4) is 5.69 Å². The largest absolute Gasteiger partial charge is 0.461 e. The lowest BCUT2D eigenvalue weighted by atomic mass is 10.1. The first-order valence-electron chi connectivity index (χ1n) is 9.04. The molecule has 164 valence electrons. The Balaban J connectivity index is 2.09. The third kappa shape index (κ3) is 4.78. The van der Waals surface area contributed by atoms with Crippen LogP contribution in [0.2, 0.25) is 5.02 Å². The second-order valence-corrected chi connectivity index (χ2v) is 6.66. The lowest BCUT2D eigenvalue weighted by Crippen LogP contribution is -2.27. The summed E-state index contributed by atoms with van der Waals surface area (Å²) < 4.78 is 19.0. The number of aromatic nitrogens is 2. The van der Waals surface area contributed by atoms with Gasteiger partial charge >= 0.3 is 5.97 Å². The van der Waals surface area contributed by atoms with E-state index >= 15 is 0 Å². The minimum absolute atomic E-state index is 0.0245. The summed E-state index contributed by atoms with van der Waals surface area (Å²) >= 11 is 5.85. The molecule has 0 radical (unpaired) electrons. The maximum atomic E-state index is 13.2. The Morgan fingerprint density at radius 2 is 1.91 bits per heavy atom. The first-order chi connectivity index (χ1) is 15.2. The minimum Gasteiger partial charge on any atom is -0.461 e. The van der Waals surface area contributed by atoms with Gasteiger partial charge in [0.05, 0.1) is 22.9 Å². The van der Waals surface area contributed by atoms with Crippen molar-refractivity contribution in [2.75, 3.05) is 11.9 Å². The van der Waals surface area contributed by atoms with E-state index < -0.39 is 39.6 Å². The number of benzene rings is 2. The van der Waals surface area contributed by atoms with Gasteiger partial charge in [-0.1, -0.05) is 11.6 Å². The van der Waals surface area contributed by atoms with Crippen LogP contribution in [0.25, 0.3) is 5.69 Å². The zero-order chi connectivity index (χ0) is 23.4. The third-order valence-electron chi connectivity index (χ3n) is 4.12. The Morgan fingerprint density at radius 3 is 2.53 bits per heavy atom. The lowest BCUT2D eigenvalue weighted by molar-refractivity contribution is -0.385. The molecule has 0 spiro atoms. The zero-order valence-electron chi connectivity index (χ0n) is 16.4. The molecule has 1 aromatic heterocycles. The second-order valence-electron chi connectivity index (χ2n) is 6.23. The molecule has 0 bridgehead atoms. The molecule has 1 N–H and O–H groups in total. The number of nitro benzene ring substituents is 1. The predicted octanol–water partition coefficient (Wildman–Crippen LogP) is 3.36. The first kappa shape index (κ1) is 22.6. The molecular weight excluding hydrogens is 447 g/mol. The standard InChI is InChI=1S/C20H14ClFN4O6/c1-2-32-20(29)18-15(10-17(27)25(24-18)13-6-4-12(22)5-7-13)23-19(28)14-9-11(21)3-8-16(14)26(30)31/h3-10H,2H2,1H3,(H,23,28).